The maximum atomic E-state index is 13.1. The fourth-order valence-corrected chi connectivity index (χ4v) is 1.82. The van der Waals surface area contributed by atoms with E-state index < -0.39 is 5.97 Å². The van der Waals surface area contributed by atoms with E-state index in [0.717, 1.165) is 0 Å². The summed E-state index contributed by atoms with van der Waals surface area (Å²) in [6, 6.07) is 4.35. The lowest BCUT2D eigenvalue weighted by molar-refractivity contribution is 0.0596. The second-order valence-corrected chi connectivity index (χ2v) is 4.29. The van der Waals surface area contributed by atoms with E-state index in [4.69, 9.17) is 5.73 Å². The van der Waals surface area contributed by atoms with Gasteiger partial charge in [0.2, 0.25) is 0 Å². The van der Waals surface area contributed by atoms with Crippen LogP contribution in [-0.4, -0.2) is 22.6 Å². The SMILES string of the molecule is COC(=O)c1ncn(-c2ccc(F)c(Br)c2)c1N. The summed E-state index contributed by atoms with van der Waals surface area (Å²) in [4.78, 5) is 15.2. The van der Waals surface area contributed by atoms with Gasteiger partial charge in [0.1, 0.15) is 18.0 Å². The number of rotatable bonds is 2. The number of methoxy groups -OCH3 is 1. The lowest BCUT2D eigenvalue weighted by atomic mass is 10.3. The first-order valence-corrected chi connectivity index (χ1v) is 5.70. The van der Waals surface area contributed by atoms with Gasteiger partial charge >= 0.3 is 5.97 Å². The molecule has 2 rings (SSSR count). The molecule has 0 unspecified atom stereocenters. The summed E-state index contributed by atoms with van der Waals surface area (Å²) in [7, 11) is 1.25. The van der Waals surface area contributed by atoms with Crippen molar-refractivity contribution in [3.8, 4) is 5.69 Å². The van der Waals surface area contributed by atoms with Gasteiger partial charge < -0.3 is 10.5 Å². The smallest absolute Gasteiger partial charge is 0.360 e. The third kappa shape index (κ3) is 2.08. The summed E-state index contributed by atoms with van der Waals surface area (Å²) in [6.45, 7) is 0. The number of nitrogens with two attached hydrogens (primary N) is 1. The number of imidazole rings is 1. The van der Waals surface area contributed by atoms with Gasteiger partial charge in [-0.2, -0.15) is 0 Å². The number of carbonyl (C=O) groups is 1. The molecule has 0 saturated carbocycles. The molecule has 2 N–H and O–H groups in total. The number of anilines is 1. The summed E-state index contributed by atoms with van der Waals surface area (Å²) < 4.78 is 19.4. The lowest BCUT2D eigenvalue weighted by Crippen LogP contribution is -2.07. The molecule has 0 atom stereocenters. The minimum atomic E-state index is -0.618. The molecule has 0 aliphatic carbocycles. The van der Waals surface area contributed by atoms with Gasteiger partial charge in [0.05, 0.1) is 11.6 Å². The molecule has 0 fully saturated rings. The van der Waals surface area contributed by atoms with E-state index in [1.54, 1.807) is 0 Å². The van der Waals surface area contributed by atoms with E-state index in [1.807, 2.05) is 0 Å². The summed E-state index contributed by atoms with van der Waals surface area (Å²) in [6.07, 6.45) is 1.38. The van der Waals surface area contributed by atoms with E-state index in [0.29, 0.717) is 10.2 Å². The quantitative estimate of drug-likeness (QED) is 0.862. The molecule has 0 amide bonds. The van der Waals surface area contributed by atoms with Crippen molar-refractivity contribution in [1.29, 1.82) is 0 Å². The van der Waals surface area contributed by atoms with Gasteiger partial charge in [-0.25, -0.2) is 14.2 Å². The first-order valence-electron chi connectivity index (χ1n) is 4.91. The Morgan fingerprint density at radius 2 is 2.28 bits per heavy atom. The van der Waals surface area contributed by atoms with Crippen LogP contribution < -0.4 is 5.73 Å². The van der Waals surface area contributed by atoms with Gasteiger partial charge in [0.15, 0.2) is 5.69 Å². The van der Waals surface area contributed by atoms with Crippen molar-refractivity contribution in [2.45, 2.75) is 0 Å². The van der Waals surface area contributed by atoms with Crippen LogP contribution >= 0.6 is 15.9 Å². The fourth-order valence-electron chi connectivity index (χ4n) is 1.45. The zero-order chi connectivity index (χ0) is 13.3. The largest absolute Gasteiger partial charge is 0.464 e. The van der Waals surface area contributed by atoms with E-state index in [1.165, 1.54) is 36.2 Å². The zero-order valence-electron chi connectivity index (χ0n) is 9.35. The highest BCUT2D eigenvalue weighted by atomic mass is 79.9. The molecule has 0 saturated heterocycles. The molecule has 0 aliphatic rings. The lowest BCUT2D eigenvalue weighted by Gasteiger charge is -2.06. The van der Waals surface area contributed by atoms with Gasteiger partial charge in [-0.1, -0.05) is 0 Å². The number of ether oxygens (including phenoxy) is 1. The number of esters is 1. The molecular formula is C11H9BrFN3O2. The summed E-state index contributed by atoms with van der Waals surface area (Å²) in [5, 5.41) is 0. The topological polar surface area (TPSA) is 70.1 Å². The van der Waals surface area contributed by atoms with Gasteiger partial charge in [0, 0.05) is 5.69 Å². The summed E-state index contributed by atoms with van der Waals surface area (Å²) >= 11 is 3.08. The molecule has 94 valence electrons. The Balaban J connectivity index is 2.48. The third-order valence-corrected chi connectivity index (χ3v) is 2.97. The van der Waals surface area contributed by atoms with Gasteiger partial charge in [-0.15, -0.1) is 0 Å². The van der Waals surface area contributed by atoms with Crippen LogP contribution in [0.1, 0.15) is 10.5 Å². The average Bonchev–Trinajstić information content (AvgIpc) is 2.74. The predicted molar refractivity (Wildman–Crippen MR) is 67.0 cm³/mol. The Bertz CT molecular complexity index is 612. The Morgan fingerprint density at radius 3 is 2.89 bits per heavy atom. The fraction of sp³-hybridized carbons (Fsp3) is 0.0909. The van der Waals surface area contributed by atoms with Crippen LogP contribution in [-0.2, 0) is 4.74 Å². The van der Waals surface area contributed by atoms with Gasteiger partial charge in [-0.05, 0) is 34.1 Å². The van der Waals surface area contributed by atoms with Gasteiger partial charge in [-0.3, -0.25) is 4.57 Å². The van der Waals surface area contributed by atoms with Crippen LogP contribution in [0.15, 0.2) is 29.0 Å². The number of aromatic nitrogens is 2. The number of hydrogen-bond donors (Lipinski definition) is 1. The van der Waals surface area contributed by atoms with E-state index in [-0.39, 0.29) is 17.3 Å². The monoisotopic (exact) mass is 313 g/mol. The van der Waals surface area contributed by atoms with Crippen molar-refractivity contribution in [2.75, 3.05) is 12.8 Å². The van der Waals surface area contributed by atoms with Crippen molar-refractivity contribution in [2.24, 2.45) is 0 Å². The molecule has 1 aromatic heterocycles. The van der Waals surface area contributed by atoms with E-state index in [9.17, 15) is 9.18 Å². The first kappa shape index (κ1) is 12.6. The Morgan fingerprint density at radius 1 is 1.56 bits per heavy atom. The maximum absolute atomic E-state index is 13.1. The number of benzene rings is 1. The Hall–Kier alpha value is -1.89. The molecule has 0 bridgehead atoms. The highest BCUT2D eigenvalue weighted by molar-refractivity contribution is 9.10. The van der Waals surface area contributed by atoms with Crippen LogP contribution in [0.25, 0.3) is 5.69 Å². The molecule has 0 spiro atoms. The highest BCUT2D eigenvalue weighted by Gasteiger charge is 2.17. The predicted octanol–water partition coefficient (Wildman–Crippen LogP) is 2.14. The van der Waals surface area contributed by atoms with Crippen molar-refractivity contribution in [1.82, 2.24) is 9.55 Å². The molecule has 1 heterocycles. The highest BCUT2D eigenvalue weighted by Crippen LogP contribution is 2.22. The summed E-state index contributed by atoms with van der Waals surface area (Å²) in [5.41, 5.74) is 6.40. The minimum absolute atomic E-state index is 0.0259. The molecule has 18 heavy (non-hydrogen) atoms. The molecule has 5 nitrogen and oxygen atoms in total. The van der Waals surface area contributed by atoms with Crippen molar-refractivity contribution >= 4 is 27.7 Å². The van der Waals surface area contributed by atoms with Crippen LogP contribution in [0.2, 0.25) is 0 Å². The normalized spacial score (nSPS) is 10.4. The number of nitrogens with zero attached hydrogens (tertiary/aromatic N) is 2. The second kappa shape index (κ2) is 4.77. The minimum Gasteiger partial charge on any atom is -0.464 e. The average molecular weight is 314 g/mol. The number of hydrogen-bond acceptors (Lipinski definition) is 4. The molecular weight excluding hydrogens is 305 g/mol. The van der Waals surface area contributed by atoms with Crippen LogP contribution in [0.5, 0.6) is 0 Å². The maximum Gasteiger partial charge on any atom is 0.360 e. The Kier molecular flexibility index (Phi) is 3.33. The number of halogens is 2. The van der Waals surface area contributed by atoms with Gasteiger partial charge in [0.25, 0.3) is 0 Å². The summed E-state index contributed by atoms with van der Waals surface area (Å²) in [5.74, 6) is -0.863. The van der Waals surface area contributed by atoms with E-state index >= 15 is 0 Å². The number of nitrogen functional groups attached to an aromatic ring is 1. The van der Waals surface area contributed by atoms with Crippen molar-refractivity contribution in [3.63, 3.8) is 0 Å². The van der Waals surface area contributed by atoms with Crippen molar-refractivity contribution in [3.05, 3.63) is 40.5 Å². The number of carbonyl (C=O) groups excluding carboxylic acids is 1. The van der Waals surface area contributed by atoms with Crippen LogP contribution in [0.4, 0.5) is 10.2 Å². The van der Waals surface area contributed by atoms with Crippen LogP contribution in [0, 0.1) is 5.82 Å². The second-order valence-electron chi connectivity index (χ2n) is 3.44. The first-order chi connectivity index (χ1) is 8.54. The molecule has 0 aliphatic heterocycles. The molecule has 2 aromatic rings. The van der Waals surface area contributed by atoms with Crippen molar-refractivity contribution < 1.29 is 13.9 Å². The van der Waals surface area contributed by atoms with Crippen LogP contribution in [0.3, 0.4) is 0 Å². The van der Waals surface area contributed by atoms with E-state index in [2.05, 4.69) is 25.7 Å². The molecule has 1 aromatic carbocycles. The molecule has 7 heteroatoms. The Labute approximate surface area is 111 Å². The third-order valence-electron chi connectivity index (χ3n) is 2.36. The standard InChI is InChI=1S/C11H9BrFN3O2/c1-18-11(17)9-10(14)16(5-15-9)6-2-3-8(13)7(12)4-6/h2-5H,14H2,1H3. The molecule has 0 radical (unpaired) electrons. The zero-order valence-corrected chi connectivity index (χ0v) is 10.9.